The number of aromatic nitrogens is 2. The first-order valence-electron chi connectivity index (χ1n) is 11.1. The molecule has 9 nitrogen and oxygen atoms in total. The van der Waals surface area contributed by atoms with E-state index in [1.165, 1.54) is 7.11 Å². The largest absolute Gasteiger partial charge is 0.493 e. The average molecular weight is 463 g/mol. The Hall–Kier alpha value is -4.01. The summed E-state index contributed by atoms with van der Waals surface area (Å²) in [7, 11) is 4.90. The summed E-state index contributed by atoms with van der Waals surface area (Å²) in [6, 6.07) is 10.4. The number of methoxy groups -OCH3 is 2. The number of para-hydroxylation sites is 1. The quantitative estimate of drug-likeness (QED) is 0.627. The highest BCUT2D eigenvalue weighted by Gasteiger charge is 2.34. The van der Waals surface area contributed by atoms with Gasteiger partial charge >= 0.3 is 0 Å². The minimum atomic E-state index is -0.290. The number of hydrogen-bond donors (Lipinski definition) is 1. The fourth-order valence-electron chi connectivity index (χ4n) is 4.67. The van der Waals surface area contributed by atoms with Crippen molar-refractivity contribution < 1.29 is 23.8 Å². The van der Waals surface area contributed by atoms with Crippen LogP contribution in [0.25, 0.3) is 0 Å². The number of carbonyl (C=O) groups is 2. The zero-order valence-electron chi connectivity index (χ0n) is 19.3. The number of nitrogens with zero attached hydrogens (tertiary/aromatic N) is 3. The maximum atomic E-state index is 13.4. The Bertz CT molecular complexity index is 1270. The first-order valence-corrected chi connectivity index (χ1v) is 11.1. The van der Waals surface area contributed by atoms with Gasteiger partial charge in [0.1, 0.15) is 5.75 Å². The van der Waals surface area contributed by atoms with Crippen LogP contribution in [0, 0.1) is 0 Å². The van der Waals surface area contributed by atoms with E-state index in [9.17, 15) is 9.59 Å². The van der Waals surface area contributed by atoms with Crippen molar-refractivity contribution in [2.45, 2.75) is 18.9 Å². The predicted molar refractivity (Wildman–Crippen MR) is 125 cm³/mol. The van der Waals surface area contributed by atoms with Crippen LogP contribution in [-0.4, -0.2) is 49.0 Å². The van der Waals surface area contributed by atoms with E-state index in [-0.39, 0.29) is 17.9 Å². The minimum Gasteiger partial charge on any atom is -0.493 e. The molecular formula is C25H26N4O5. The van der Waals surface area contributed by atoms with Crippen molar-refractivity contribution in [3.8, 4) is 17.2 Å². The van der Waals surface area contributed by atoms with E-state index in [1.54, 1.807) is 47.2 Å². The van der Waals surface area contributed by atoms with E-state index in [4.69, 9.17) is 14.2 Å². The first kappa shape index (κ1) is 21.8. The van der Waals surface area contributed by atoms with Crippen molar-refractivity contribution in [1.29, 1.82) is 0 Å². The number of benzene rings is 2. The molecule has 2 aliphatic heterocycles. The van der Waals surface area contributed by atoms with Gasteiger partial charge in [0, 0.05) is 25.6 Å². The summed E-state index contributed by atoms with van der Waals surface area (Å²) in [6.07, 6.45) is 3.02. The van der Waals surface area contributed by atoms with Crippen LogP contribution in [0.3, 0.4) is 0 Å². The van der Waals surface area contributed by atoms with Gasteiger partial charge in [-0.25, -0.2) is 0 Å². The lowest BCUT2D eigenvalue weighted by Gasteiger charge is -2.32. The zero-order chi connectivity index (χ0) is 23.8. The molecule has 2 amide bonds. The summed E-state index contributed by atoms with van der Waals surface area (Å²) in [5.41, 5.74) is 3.51. The van der Waals surface area contributed by atoms with Crippen LogP contribution in [0.5, 0.6) is 17.2 Å². The van der Waals surface area contributed by atoms with E-state index in [0.717, 1.165) is 17.7 Å². The molecule has 0 aliphatic carbocycles. The van der Waals surface area contributed by atoms with Gasteiger partial charge in [0.2, 0.25) is 0 Å². The molecule has 3 aromatic rings. The molecule has 0 saturated heterocycles. The van der Waals surface area contributed by atoms with Gasteiger partial charge in [-0.3, -0.25) is 14.3 Å². The lowest BCUT2D eigenvalue weighted by atomic mass is 10.0. The molecule has 1 unspecified atom stereocenters. The van der Waals surface area contributed by atoms with Crippen LogP contribution in [-0.2, 0) is 13.5 Å². The Morgan fingerprint density at radius 2 is 1.97 bits per heavy atom. The normalized spacial score (nSPS) is 16.3. The van der Waals surface area contributed by atoms with Crippen molar-refractivity contribution >= 4 is 17.5 Å². The summed E-state index contributed by atoms with van der Waals surface area (Å²) in [5, 5.41) is 7.50. The minimum absolute atomic E-state index is 0.172. The topological polar surface area (TPSA) is 94.9 Å². The van der Waals surface area contributed by atoms with Crippen molar-refractivity contribution in [3.05, 3.63) is 65.0 Å². The molecule has 0 radical (unpaired) electrons. The van der Waals surface area contributed by atoms with Crippen LogP contribution in [0.15, 0.2) is 42.6 Å². The maximum absolute atomic E-state index is 13.4. The zero-order valence-corrected chi connectivity index (χ0v) is 19.3. The number of aryl methyl sites for hydroxylation is 1. The predicted octanol–water partition coefficient (Wildman–Crippen LogP) is 2.89. The number of hydrogen-bond acceptors (Lipinski definition) is 6. The monoisotopic (exact) mass is 462 g/mol. The van der Waals surface area contributed by atoms with Crippen molar-refractivity contribution in [2.75, 3.05) is 32.3 Å². The number of carbonyl (C=O) groups excluding carboxylic acids is 2. The Morgan fingerprint density at radius 1 is 1.15 bits per heavy atom. The number of amides is 2. The van der Waals surface area contributed by atoms with E-state index < -0.39 is 0 Å². The second-order valence-corrected chi connectivity index (χ2v) is 8.27. The molecule has 3 heterocycles. The molecular weight excluding hydrogens is 436 g/mol. The Labute approximate surface area is 197 Å². The molecule has 176 valence electrons. The van der Waals surface area contributed by atoms with Gasteiger partial charge < -0.3 is 24.4 Å². The van der Waals surface area contributed by atoms with Crippen LogP contribution < -0.4 is 24.4 Å². The molecule has 5 rings (SSSR count). The fourth-order valence-corrected chi connectivity index (χ4v) is 4.67. The smallest absolute Gasteiger partial charge is 0.258 e. The summed E-state index contributed by atoms with van der Waals surface area (Å²) >= 11 is 0. The van der Waals surface area contributed by atoms with Crippen molar-refractivity contribution in [3.63, 3.8) is 0 Å². The molecule has 1 atom stereocenters. The Morgan fingerprint density at radius 3 is 2.76 bits per heavy atom. The van der Waals surface area contributed by atoms with E-state index in [2.05, 4.69) is 10.4 Å². The molecule has 0 fully saturated rings. The van der Waals surface area contributed by atoms with Gasteiger partial charge in [0.25, 0.3) is 11.8 Å². The second-order valence-electron chi connectivity index (χ2n) is 8.27. The summed E-state index contributed by atoms with van der Waals surface area (Å²) in [6.45, 7) is 1.02. The van der Waals surface area contributed by atoms with Gasteiger partial charge in [-0.05, 0) is 36.2 Å². The third-order valence-electron chi connectivity index (χ3n) is 6.37. The average Bonchev–Trinajstić information content (AvgIpc) is 3.50. The second kappa shape index (κ2) is 8.74. The molecule has 2 aliphatic rings. The van der Waals surface area contributed by atoms with Gasteiger partial charge in [-0.15, -0.1) is 0 Å². The molecule has 0 saturated carbocycles. The molecule has 0 bridgehead atoms. The lowest BCUT2D eigenvalue weighted by molar-refractivity contribution is 0.0928. The van der Waals surface area contributed by atoms with E-state index in [0.29, 0.717) is 53.6 Å². The molecule has 9 heteroatoms. The number of rotatable bonds is 5. The van der Waals surface area contributed by atoms with Gasteiger partial charge in [0.05, 0.1) is 50.0 Å². The lowest BCUT2D eigenvalue weighted by Crippen LogP contribution is -2.41. The van der Waals surface area contributed by atoms with Gasteiger partial charge in [-0.1, -0.05) is 12.1 Å². The molecule has 1 aromatic heterocycles. The molecule has 0 spiro atoms. The van der Waals surface area contributed by atoms with E-state index in [1.807, 2.05) is 19.2 Å². The third kappa shape index (κ3) is 3.63. The highest BCUT2D eigenvalue weighted by atomic mass is 16.5. The third-order valence-corrected chi connectivity index (χ3v) is 6.37. The fraction of sp³-hybridized carbons (Fsp3) is 0.320. The number of anilines is 1. The summed E-state index contributed by atoms with van der Waals surface area (Å²) in [5.74, 6) is 1.33. The van der Waals surface area contributed by atoms with Gasteiger partial charge in [-0.2, -0.15) is 5.10 Å². The van der Waals surface area contributed by atoms with Crippen LogP contribution in [0.2, 0.25) is 0 Å². The van der Waals surface area contributed by atoms with Crippen LogP contribution in [0.4, 0.5) is 5.69 Å². The molecule has 2 aromatic carbocycles. The molecule has 34 heavy (non-hydrogen) atoms. The van der Waals surface area contributed by atoms with Gasteiger partial charge in [0.15, 0.2) is 11.5 Å². The summed E-state index contributed by atoms with van der Waals surface area (Å²) in [4.78, 5) is 28.3. The van der Waals surface area contributed by atoms with Crippen LogP contribution >= 0.6 is 0 Å². The standard InChI is InChI=1S/C25H26N4O5/c1-28-22-18(27-24(30)17-6-4-5-15-10-12-34-23(15)17)9-11-29(19(22)14-26-28)25(31)16-7-8-20(32-2)21(13-16)33-3/h4-8,13-14,18H,9-12H2,1-3H3,(H,27,30). The van der Waals surface area contributed by atoms with E-state index >= 15 is 0 Å². The Balaban J connectivity index is 1.41. The molecule has 1 N–H and O–H groups in total. The van der Waals surface area contributed by atoms with Crippen molar-refractivity contribution in [2.24, 2.45) is 7.05 Å². The first-order chi connectivity index (χ1) is 16.5. The number of ether oxygens (including phenoxy) is 3. The summed E-state index contributed by atoms with van der Waals surface area (Å²) < 4.78 is 18.0. The maximum Gasteiger partial charge on any atom is 0.258 e. The Kier molecular flexibility index (Phi) is 5.61. The number of nitrogens with one attached hydrogen (secondary N) is 1. The highest BCUT2D eigenvalue weighted by molar-refractivity contribution is 6.07. The highest BCUT2D eigenvalue weighted by Crippen LogP contribution is 2.36. The SMILES string of the molecule is COc1ccc(C(=O)N2CCC(NC(=O)c3cccc4c3OCC4)c3c2cnn3C)cc1OC. The van der Waals surface area contributed by atoms with Crippen LogP contribution in [0.1, 0.15) is 44.4 Å². The number of fused-ring (bicyclic) bond motifs is 2. The van der Waals surface area contributed by atoms with Crippen molar-refractivity contribution in [1.82, 2.24) is 15.1 Å².